The molecule has 2 heterocycles. The van der Waals surface area contributed by atoms with Crippen LogP contribution in [0, 0.1) is 0 Å². The molecular formula is C20H26N4O6. The Kier molecular flexibility index (Phi) is 6.56. The predicted octanol–water partition coefficient (Wildman–Crippen LogP) is 0.102. The van der Waals surface area contributed by atoms with Crippen molar-refractivity contribution in [3.05, 3.63) is 34.2 Å². The zero-order valence-electron chi connectivity index (χ0n) is 17.1. The van der Waals surface area contributed by atoms with E-state index in [1.807, 2.05) is 6.92 Å². The van der Waals surface area contributed by atoms with Crippen molar-refractivity contribution in [3.8, 4) is 0 Å². The van der Waals surface area contributed by atoms with Gasteiger partial charge < -0.3 is 20.1 Å². The molecular weight excluding hydrogens is 392 g/mol. The number of benzene rings is 1. The molecule has 1 aliphatic heterocycles. The number of ether oxygens (including phenoxy) is 2. The number of hydrogen-bond donors (Lipinski definition) is 1. The van der Waals surface area contributed by atoms with E-state index in [2.05, 4.69) is 0 Å². The number of fused-ring (bicyclic) bond motifs is 1. The minimum atomic E-state index is -0.641. The van der Waals surface area contributed by atoms with Crippen molar-refractivity contribution in [1.29, 1.82) is 0 Å². The van der Waals surface area contributed by atoms with E-state index in [4.69, 9.17) is 15.2 Å². The van der Waals surface area contributed by atoms with Crippen LogP contribution >= 0.6 is 0 Å². The van der Waals surface area contributed by atoms with E-state index in [-0.39, 0.29) is 37.0 Å². The van der Waals surface area contributed by atoms with E-state index in [1.54, 1.807) is 12.1 Å². The topological polar surface area (TPSA) is 126 Å². The predicted molar refractivity (Wildman–Crippen MR) is 108 cm³/mol. The summed E-state index contributed by atoms with van der Waals surface area (Å²) in [6, 6.07) is 4.75. The molecule has 1 unspecified atom stereocenters. The molecule has 1 atom stereocenters. The molecule has 0 bridgehead atoms. The zero-order chi connectivity index (χ0) is 21.8. The number of hydrogen-bond acceptors (Lipinski definition) is 6. The van der Waals surface area contributed by atoms with Crippen molar-refractivity contribution < 1.29 is 23.9 Å². The average molecular weight is 418 g/mol. The molecule has 0 aliphatic carbocycles. The number of carbonyl (C=O) groups excluding carboxylic acids is 3. The van der Waals surface area contributed by atoms with Crippen LogP contribution in [0.2, 0.25) is 0 Å². The normalized spacial score (nSPS) is 16.0. The van der Waals surface area contributed by atoms with E-state index in [1.165, 1.54) is 27.2 Å². The van der Waals surface area contributed by atoms with Crippen LogP contribution in [0.1, 0.15) is 30.1 Å². The first-order valence-corrected chi connectivity index (χ1v) is 9.84. The lowest BCUT2D eigenvalue weighted by Gasteiger charge is -2.24. The largest absolute Gasteiger partial charge is 0.465 e. The second kappa shape index (κ2) is 9.12. The summed E-state index contributed by atoms with van der Waals surface area (Å²) >= 11 is 0. The van der Waals surface area contributed by atoms with Gasteiger partial charge in [0.05, 0.1) is 36.4 Å². The van der Waals surface area contributed by atoms with Crippen LogP contribution in [0.25, 0.3) is 11.0 Å². The lowest BCUT2D eigenvalue weighted by molar-refractivity contribution is -0.137. The molecule has 0 saturated carbocycles. The molecule has 1 fully saturated rings. The molecule has 0 radical (unpaired) electrons. The molecule has 10 nitrogen and oxygen atoms in total. The lowest BCUT2D eigenvalue weighted by Crippen LogP contribution is -2.45. The SMILES string of the molecule is CCn1c(=O)n(CC(=O)N(CC(N)=O)CC2CCCO2)c2cc(C(=O)OC)ccc21. The van der Waals surface area contributed by atoms with E-state index in [9.17, 15) is 19.2 Å². The Bertz CT molecular complexity index is 1020. The van der Waals surface area contributed by atoms with Gasteiger partial charge in [-0.05, 0) is 38.0 Å². The van der Waals surface area contributed by atoms with Crippen molar-refractivity contribution in [2.75, 3.05) is 26.8 Å². The van der Waals surface area contributed by atoms with Crippen molar-refractivity contribution in [1.82, 2.24) is 14.0 Å². The Hall–Kier alpha value is -3.14. The fourth-order valence-electron chi connectivity index (χ4n) is 3.73. The monoisotopic (exact) mass is 418 g/mol. The molecule has 2 aromatic rings. The third-order valence-electron chi connectivity index (χ3n) is 5.20. The first-order valence-electron chi connectivity index (χ1n) is 9.84. The summed E-state index contributed by atoms with van der Waals surface area (Å²) in [4.78, 5) is 50.7. The van der Waals surface area contributed by atoms with Gasteiger partial charge in [0.15, 0.2) is 0 Å². The van der Waals surface area contributed by atoms with Crippen LogP contribution in [0.3, 0.4) is 0 Å². The van der Waals surface area contributed by atoms with Crippen LogP contribution in [-0.4, -0.2) is 64.7 Å². The maximum absolute atomic E-state index is 13.0. The molecule has 162 valence electrons. The summed E-state index contributed by atoms with van der Waals surface area (Å²) in [7, 11) is 1.27. The molecule has 2 amide bonds. The molecule has 1 aliphatic rings. The molecule has 1 aromatic carbocycles. The van der Waals surface area contributed by atoms with Crippen molar-refractivity contribution in [2.45, 2.75) is 39.0 Å². The van der Waals surface area contributed by atoms with E-state index in [0.29, 0.717) is 24.2 Å². The molecule has 2 N–H and O–H groups in total. The van der Waals surface area contributed by atoms with Gasteiger partial charge in [0.2, 0.25) is 11.8 Å². The number of nitrogens with zero attached hydrogens (tertiary/aromatic N) is 3. The summed E-state index contributed by atoms with van der Waals surface area (Å²) in [6.45, 7) is 2.52. The van der Waals surface area contributed by atoms with Gasteiger partial charge in [-0.25, -0.2) is 9.59 Å². The quantitative estimate of drug-likeness (QED) is 0.606. The molecule has 3 rings (SSSR count). The fourth-order valence-corrected chi connectivity index (χ4v) is 3.73. The third-order valence-corrected chi connectivity index (χ3v) is 5.20. The van der Waals surface area contributed by atoms with Crippen LogP contribution in [-0.2, 0) is 32.2 Å². The highest BCUT2D eigenvalue weighted by Crippen LogP contribution is 2.18. The minimum absolute atomic E-state index is 0.159. The minimum Gasteiger partial charge on any atom is -0.465 e. The second-order valence-electron chi connectivity index (χ2n) is 7.18. The molecule has 0 spiro atoms. The highest BCUT2D eigenvalue weighted by atomic mass is 16.5. The van der Waals surface area contributed by atoms with Crippen LogP contribution in [0.4, 0.5) is 0 Å². The van der Waals surface area contributed by atoms with Gasteiger partial charge in [-0.2, -0.15) is 0 Å². The first kappa shape index (κ1) is 21.6. The van der Waals surface area contributed by atoms with Gasteiger partial charge in [0, 0.05) is 19.7 Å². The second-order valence-corrected chi connectivity index (χ2v) is 7.18. The van der Waals surface area contributed by atoms with Gasteiger partial charge in [0.25, 0.3) is 0 Å². The summed E-state index contributed by atoms with van der Waals surface area (Å²) in [5.41, 5.74) is 6.25. The number of primary amides is 1. The van der Waals surface area contributed by atoms with Crippen LogP contribution in [0.15, 0.2) is 23.0 Å². The average Bonchev–Trinajstić information content (AvgIpc) is 3.32. The van der Waals surface area contributed by atoms with Gasteiger partial charge in [-0.15, -0.1) is 0 Å². The Morgan fingerprint density at radius 2 is 2.03 bits per heavy atom. The highest BCUT2D eigenvalue weighted by Gasteiger charge is 2.25. The molecule has 10 heteroatoms. The maximum Gasteiger partial charge on any atom is 0.337 e. The smallest absolute Gasteiger partial charge is 0.337 e. The zero-order valence-corrected chi connectivity index (χ0v) is 17.1. The number of aryl methyl sites for hydroxylation is 1. The summed E-state index contributed by atoms with van der Waals surface area (Å²) in [5, 5.41) is 0. The van der Waals surface area contributed by atoms with E-state index in [0.717, 1.165) is 12.8 Å². The Labute approximate surface area is 173 Å². The number of carbonyl (C=O) groups is 3. The number of esters is 1. The number of methoxy groups -OCH3 is 1. The number of nitrogens with two attached hydrogens (primary N) is 1. The highest BCUT2D eigenvalue weighted by molar-refractivity contribution is 5.94. The number of aromatic nitrogens is 2. The Balaban J connectivity index is 1.96. The van der Waals surface area contributed by atoms with Gasteiger partial charge in [-0.1, -0.05) is 0 Å². The van der Waals surface area contributed by atoms with Gasteiger partial charge >= 0.3 is 11.7 Å². The number of rotatable bonds is 8. The molecule has 1 aromatic heterocycles. The van der Waals surface area contributed by atoms with Crippen LogP contribution < -0.4 is 11.4 Å². The molecule has 30 heavy (non-hydrogen) atoms. The third kappa shape index (κ3) is 4.38. The maximum atomic E-state index is 13.0. The van der Waals surface area contributed by atoms with E-state index < -0.39 is 17.8 Å². The summed E-state index contributed by atoms with van der Waals surface area (Å²) in [6.07, 6.45) is 1.52. The number of amides is 2. The fraction of sp³-hybridized carbons (Fsp3) is 0.500. The van der Waals surface area contributed by atoms with Gasteiger partial charge in [-0.3, -0.25) is 18.7 Å². The standard InChI is InChI=1S/C20H26N4O6/c1-3-23-15-7-6-13(19(27)29-2)9-16(15)24(20(23)28)12-18(26)22(11-17(21)25)10-14-5-4-8-30-14/h6-7,9,14H,3-5,8,10-12H2,1-2H3,(H2,21,25). The Morgan fingerprint density at radius 1 is 1.27 bits per heavy atom. The van der Waals surface area contributed by atoms with E-state index >= 15 is 0 Å². The van der Waals surface area contributed by atoms with Crippen molar-refractivity contribution in [3.63, 3.8) is 0 Å². The summed E-state index contributed by atoms with van der Waals surface area (Å²) < 4.78 is 13.1. The van der Waals surface area contributed by atoms with Gasteiger partial charge in [0.1, 0.15) is 6.54 Å². The van der Waals surface area contributed by atoms with Crippen LogP contribution in [0.5, 0.6) is 0 Å². The van der Waals surface area contributed by atoms with Crippen molar-refractivity contribution in [2.24, 2.45) is 5.73 Å². The lowest BCUT2D eigenvalue weighted by atomic mass is 10.2. The molecule has 1 saturated heterocycles. The summed E-state index contributed by atoms with van der Waals surface area (Å²) in [5.74, 6) is -1.61. The first-order chi connectivity index (χ1) is 14.3. The van der Waals surface area contributed by atoms with Crippen molar-refractivity contribution >= 4 is 28.8 Å². The Morgan fingerprint density at radius 3 is 2.63 bits per heavy atom. The number of imidazole rings is 1.